The van der Waals surface area contributed by atoms with Crippen molar-refractivity contribution in [2.24, 2.45) is 11.8 Å². The predicted octanol–water partition coefficient (Wildman–Crippen LogP) is 2.40. The van der Waals surface area contributed by atoms with Gasteiger partial charge in [0.1, 0.15) is 5.60 Å². The molecule has 1 rings (SSSR count). The lowest BCUT2D eigenvalue weighted by molar-refractivity contribution is -0.141. The van der Waals surface area contributed by atoms with Gasteiger partial charge >= 0.3 is 12.1 Å². The van der Waals surface area contributed by atoms with Gasteiger partial charge in [-0.1, -0.05) is 0 Å². The molecule has 0 radical (unpaired) electrons. The van der Waals surface area contributed by atoms with Gasteiger partial charge in [0.05, 0.1) is 5.92 Å². The van der Waals surface area contributed by atoms with Crippen LogP contribution >= 0.6 is 0 Å². The Hall–Kier alpha value is -1.26. The van der Waals surface area contributed by atoms with Crippen LogP contribution in [-0.4, -0.2) is 29.3 Å². The lowest BCUT2D eigenvalue weighted by atomic mass is 10.0. The summed E-state index contributed by atoms with van der Waals surface area (Å²) in [6.07, 6.45) is 2.84. The number of nitrogens with one attached hydrogen (secondary N) is 1. The molecule has 1 fully saturated rings. The summed E-state index contributed by atoms with van der Waals surface area (Å²) in [5.74, 6) is -0.491. The van der Waals surface area contributed by atoms with Crippen LogP contribution < -0.4 is 5.32 Å². The molecule has 0 saturated heterocycles. The number of carbonyl (C=O) groups is 2. The van der Waals surface area contributed by atoms with E-state index in [0.717, 1.165) is 25.7 Å². The maximum absolute atomic E-state index is 11.4. The summed E-state index contributed by atoms with van der Waals surface area (Å²) in [5.41, 5.74) is -0.480. The van der Waals surface area contributed by atoms with Crippen LogP contribution in [-0.2, 0) is 9.53 Å². The number of ether oxygens (including phenoxy) is 1. The van der Waals surface area contributed by atoms with Gasteiger partial charge in [-0.2, -0.15) is 0 Å². The molecule has 2 atom stereocenters. The van der Waals surface area contributed by atoms with Crippen LogP contribution in [0.25, 0.3) is 0 Å². The molecule has 0 aromatic rings. The van der Waals surface area contributed by atoms with Gasteiger partial charge in [-0.25, -0.2) is 4.79 Å². The standard InChI is InChI=1S/C13H23NO4/c1-13(2,3)18-12(17)14-7-6-9-4-5-10(8-9)11(15)16/h9-10H,4-8H2,1-3H3,(H,14,17)(H,15,16)/t9-,10-/m0/s1. The Labute approximate surface area is 108 Å². The maximum Gasteiger partial charge on any atom is 0.407 e. The van der Waals surface area contributed by atoms with Gasteiger partial charge in [-0.3, -0.25) is 4.79 Å². The van der Waals surface area contributed by atoms with Crippen molar-refractivity contribution in [1.82, 2.24) is 5.32 Å². The minimum Gasteiger partial charge on any atom is -0.481 e. The molecule has 0 heterocycles. The van der Waals surface area contributed by atoms with Crippen LogP contribution in [0.15, 0.2) is 0 Å². The topological polar surface area (TPSA) is 75.6 Å². The van der Waals surface area contributed by atoms with Crippen LogP contribution in [0, 0.1) is 11.8 Å². The second-order valence-corrected chi connectivity index (χ2v) is 5.93. The molecule has 0 bridgehead atoms. The first-order chi connectivity index (χ1) is 8.28. The number of hydrogen-bond donors (Lipinski definition) is 2. The zero-order valence-corrected chi connectivity index (χ0v) is 11.4. The Morgan fingerprint density at radius 1 is 1.33 bits per heavy atom. The molecule has 1 saturated carbocycles. The molecule has 0 unspecified atom stereocenters. The van der Waals surface area contributed by atoms with E-state index in [2.05, 4.69) is 5.32 Å². The van der Waals surface area contributed by atoms with Crippen molar-refractivity contribution in [1.29, 1.82) is 0 Å². The van der Waals surface area contributed by atoms with E-state index in [9.17, 15) is 9.59 Å². The molecular weight excluding hydrogens is 234 g/mol. The normalized spacial score (nSPS) is 23.7. The fraction of sp³-hybridized carbons (Fsp3) is 0.846. The predicted molar refractivity (Wildman–Crippen MR) is 67.3 cm³/mol. The second kappa shape index (κ2) is 6.07. The zero-order valence-electron chi connectivity index (χ0n) is 11.4. The summed E-state index contributed by atoms with van der Waals surface area (Å²) in [7, 11) is 0. The highest BCUT2D eigenvalue weighted by Gasteiger charge is 2.29. The van der Waals surface area contributed by atoms with Gasteiger partial charge < -0.3 is 15.2 Å². The lowest BCUT2D eigenvalue weighted by Crippen LogP contribution is -2.33. The van der Waals surface area contributed by atoms with Crippen molar-refractivity contribution in [2.45, 2.75) is 52.1 Å². The highest BCUT2D eigenvalue weighted by molar-refractivity contribution is 5.70. The first-order valence-corrected chi connectivity index (χ1v) is 6.47. The monoisotopic (exact) mass is 257 g/mol. The van der Waals surface area contributed by atoms with Crippen LogP contribution in [0.1, 0.15) is 46.5 Å². The van der Waals surface area contributed by atoms with E-state index in [0.29, 0.717) is 12.5 Å². The quantitative estimate of drug-likeness (QED) is 0.811. The van der Waals surface area contributed by atoms with Gasteiger partial charge in [0, 0.05) is 6.54 Å². The van der Waals surface area contributed by atoms with E-state index in [1.807, 2.05) is 20.8 Å². The molecule has 0 aromatic heterocycles. The number of aliphatic carboxylic acids is 1. The average molecular weight is 257 g/mol. The van der Waals surface area contributed by atoms with Gasteiger partial charge in [0.15, 0.2) is 0 Å². The van der Waals surface area contributed by atoms with Crippen LogP contribution in [0.4, 0.5) is 4.79 Å². The van der Waals surface area contributed by atoms with E-state index >= 15 is 0 Å². The SMILES string of the molecule is CC(C)(C)OC(=O)NCC[C@@H]1CC[C@H](C(=O)O)C1. The Bertz CT molecular complexity index is 309. The third-order valence-corrected chi connectivity index (χ3v) is 3.11. The van der Waals surface area contributed by atoms with Crippen LogP contribution in [0.3, 0.4) is 0 Å². The third kappa shape index (κ3) is 5.38. The highest BCUT2D eigenvalue weighted by atomic mass is 16.6. The van der Waals surface area contributed by atoms with Gasteiger partial charge in [-0.05, 0) is 52.4 Å². The van der Waals surface area contributed by atoms with Crippen molar-refractivity contribution in [3.63, 3.8) is 0 Å². The third-order valence-electron chi connectivity index (χ3n) is 3.11. The van der Waals surface area contributed by atoms with Gasteiger partial charge in [0.2, 0.25) is 0 Å². The summed E-state index contributed by atoms with van der Waals surface area (Å²) < 4.78 is 5.12. The molecule has 1 aliphatic rings. The van der Waals surface area contributed by atoms with Crippen molar-refractivity contribution in [3.05, 3.63) is 0 Å². The van der Waals surface area contributed by atoms with E-state index in [1.165, 1.54) is 0 Å². The summed E-state index contributed by atoms with van der Waals surface area (Å²) >= 11 is 0. The number of alkyl carbamates (subject to hydrolysis) is 1. The number of hydrogen-bond acceptors (Lipinski definition) is 3. The molecular formula is C13H23NO4. The number of carboxylic acids is 1. The Morgan fingerprint density at radius 2 is 2.00 bits per heavy atom. The average Bonchev–Trinajstić information content (AvgIpc) is 2.63. The van der Waals surface area contributed by atoms with Crippen LogP contribution in [0.5, 0.6) is 0 Å². The molecule has 5 heteroatoms. The summed E-state index contributed by atoms with van der Waals surface area (Å²) in [5, 5.41) is 11.6. The van der Waals surface area contributed by atoms with E-state index in [1.54, 1.807) is 0 Å². The first kappa shape index (κ1) is 14.8. The maximum atomic E-state index is 11.4. The van der Waals surface area contributed by atoms with Crippen molar-refractivity contribution < 1.29 is 19.4 Å². The molecule has 0 aromatic carbocycles. The smallest absolute Gasteiger partial charge is 0.407 e. The summed E-state index contributed by atoms with van der Waals surface area (Å²) in [4.78, 5) is 22.2. The van der Waals surface area contributed by atoms with E-state index < -0.39 is 17.7 Å². The number of rotatable bonds is 4. The fourth-order valence-corrected chi connectivity index (χ4v) is 2.25. The number of amides is 1. The highest BCUT2D eigenvalue weighted by Crippen LogP contribution is 2.32. The Kier molecular flexibility index (Phi) is 4.99. The largest absolute Gasteiger partial charge is 0.481 e. The zero-order chi connectivity index (χ0) is 13.8. The van der Waals surface area contributed by atoms with E-state index in [-0.39, 0.29) is 5.92 Å². The fourth-order valence-electron chi connectivity index (χ4n) is 2.25. The number of carboxylic acid groups (broad SMARTS) is 1. The first-order valence-electron chi connectivity index (χ1n) is 6.47. The lowest BCUT2D eigenvalue weighted by Gasteiger charge is -2.20. The molecule has 0 spiro atoms. The van der Waals surface area contributed by atoms with Crippen molar-refractivity contribution in [3.8, 4) is 0 Å². The molecule has 18 heavy (non-hydrogen) atoms. The Balaban J connectivity index is 2.16. The van der Waals surface area contributed by atoms with Crippen LogP contribution in [0.2, 0.25) is 0 Å². The molecule has 1 amide bonds. The summed E-state index contributed by atoms with van der Waals surface area (Å²) in [6.45, 7) is 6.01. The molecule has 1 aliphatic carbocycles. The van der Waals surface area contributed by atoms with Crippen molar-refractivity contribution >= 4 is 12.1 Å². The van der Waals surface area contributed by atoms with Crippen molar-refractivity contribution in [2.75, 3.05) is 6.54 Å². The molecule has 0 aliphatic heterocycles. The Morgan fingerprint density at radius 3 is 2.50 bits per heavy atom. The minimum absolute atomic E-state index is 0.198. The summed E-state index contributed by atoms with van der Waals surface area (Å²) in [6, 6.07) is 0. The molecule has 104 valence electrons. The van der Waals surface area contributed by atoms with E-state index in [4.69, 9.17) is 9.84 Å². The number of carbonyl (C=O) groups excluding carboxylic acids is 1. The van der Waals surface area contributed by atoms with Gasteiger partial charge in [-0.15, -0.1) is 0 Å². The second-order valence-electron chi connectivity index (χ2n) is 5.93. The van der Waals surface area contributed by atoms with Gasteiger partial charge in [0.25, 0.3) is 0 Å². The minimum atomic E-state index is -0.697. The molecule has 2 N–H and O–H groups in total. The molecule has 5 nitrogen and oxygen atoms in total.